The maximum atomic E-state index is 13.0. The molecule has 3 heterocycles. The Bertz CT molecular complexity index is 580. The second-order valence-electron chi connectivity index (χ2n) is 7.88. The first-order valence-corrected chi connectivity index (χ1v) is 10.6. The lowest BCUT2D eigenvalue weighted by Gasteiger charge is -2.31. The molecule has 26 heavy (non-hydrogen) atoms. The molecular weight excluding hydrogens is 348 g/mol. The van der Waals surface area contributed by atoms with Gasteiger partial charge in [-0.05, 0) is 40.4 Å². The van der Waals surface area contributed by atoms with E-state index in [4.69, 9.17) is 4.74 Å². The minimum Gasteiger partial charge on any atom is -0.466 e. The Morgan fingerprint density at radius 1 is 1.42 bits per heavy atom. The number of likely N-dealkylation sites (tertiary alicyclic amines) is 2. The lowest BCUT2D eigenvalue weighted by molar-refractivity contribution is -0.157. The number of aromatic nitrogens is 1. The zero-order valence-corrected chi connectivity index (χ0v) is 17.1. The second-order valence-corrected chi connectivity index (χ2v) is 8.86. The van der Waals surface area contributed by atoms with Gasteiger partial charge < -0.3 is 14.5 Å². The Hall–Kier alpha value is -1.02. The molecule has 2 atom stereocenters. The smallest absolute Gasteiger partial charge is 0.313 e. The standard InChI is InChI=1S/C19H32N4O2S/c1-4-25-18(24)19-6-5-8-22(14-17-20-7-11-26-17)12-16(19)13-23(15-19)10-9-21(2)3/h7,11,16H,4-6,8-10,12-15H2,1-3H3/t16-,19-/m0/s1. The molecule has 146 valence electrons. The maximum absolute atomic E-state index is 13.0. The van der Waals surface area contributed by atoms with Crippen molar-refractivity contribution < 1.29 is 9.53 Å². The predicted octanol–water partition coefficient (Wildman–Crippen LogP) is 1.78. The van der Waals surface area contributed by atoms with E-state index in [2.05, 4.69) is 33.8 Å². The van der Waals surface area contributed by atoms with Crippen LogP contribution in [-0.4, -0.2) is 85.6 Å². The molecule has 0 spiro atoms. The summed E-state index contributed by atoms with van der Waals surface area (Å²) in [5.41, 5.74) is -0.333. The molecule has 0 unspecified atom stereocenters. The lowest BCUT2D eigenvalue weighted by atomic mass is 9.75. The summed E-state index contributed by atoms with van der Waals surface area (Å²) in [6.07, 6.45) is 3.85. The van der Waals surface area contributed by atoms with Gasteiger partial charge in [0.15, 0.2) is 0 Å². The molecule has 0 bridgehead atoms. The van der Waals surface area contributed by atoms with E-state index in [1.807, 2.05) is 18.5 Å². The van der Waals surface area contributed by atoms with Crippen LogP contribution in [0.15, 0.2) is 11.6 Å². The van der Waals surface area contributed by atoms with Crippen molar-refractivity contribution >= 4 is 17.3 Å². The lowest BCUT2D eigenvalue weighted by Crippen LogP contribution is -2.42. The van der Waals surface area contributed by atoms with Crippen molar-refractivity contribution in [3.8, 4) is 0 Å². The zero-order valence-electron chi connectivity index (χ0n) is 16.3. The van der Waals surface area contributed by atoms with E-state index in [0.717, 1.165) is 63.7 Å². The van der Waals surface area contributed by atoms with Crippen molar-refractivity contribution in [2.24, 2.45) is 11.3 Å². The van der Waals surface area contributed by atoms with Crippen LogP contribution in [-0.2, 0) is 16.1 Å². The third-order valence-corrected chi connectivity index (χ3v) is 6.49. The Kier molecular flexibility index (Phi) is 6.66. The fourth-order valence-electron chi connectivity index (χ4n) is 4.40. The van der Waals surface area contributed by atoms with E-state index in [1.165, 1.54) is 0 Å². The van der Waals surface area contributed by atoms with Gasteiger partial charge in [0.2, 0.25) is 0 Å². The Balaban J connectivity index is 1.73. The molecule has 0 radical (unpaired) electrons. The molecule has 0 saturated carbocycles. The summed E-state index contributed by atoms with van der Waals surface area (Å²) in [6, 6.07) is 0. The summed E-state index contributed by atoms with van der Waals surface area (Å²) in [6.45, 7) is 9.13. The quantitative estimate of drug-likeness (QED) is 0.672. The van der Waals surface area contributed by atoms with E-state index >= 15 is 0 Å². The van der Waals surface area contributed by atoms with E-state index < -0.39 is 0 Å². The highest BCUT2D eigenvalue weighted by Gasteiger charge is 2.53. The summed E-state index contributed by atoms with van der Waals surface area (Å²) in [5.74, 6) is 0.361. The fraction of sp³-hybridized carbons (Fsp3) is 0.789. The van der Waals surface area contributed by atoms with Gasteiger partial charge in [-0.25, -0.2) is 4.98 Å². The summed E-state index contributed by atoms with van der Waals surface area (Å²) in [5, 5.41) is 3.20. The number of fused-ring (bicyclic) bond motifs is 1. The van der Waals surface area contributed by atoms with Crippen LogP contribution >= 0.6 is 11.3 Å². The van der Waals surface area contributed by atoms with Gasteiger partial charge in [0.1, 0.15) is 5.01 Å². The molecule has 1 aromatic heterocycles. The fourth-order valence-corrected chi connectivity index (χ4v) is 5.06. The van der Waals surface area contributed by atoms with E-state index in [9.17, 15) is 4.79 Å². The first-order valence-electron chi connectivity index (χ1n) is 9.68. The largest absolute Gasteiger partial charge is 0.466 e. The number of thiazole rings is 1. The van der Waals surface area contributed by atoms with Gasteiger partial charge >= 0.3 is 5.97 Å². The molecule has 2 fully saturated rings. The highest BCUT2D eigenvalue weighted by atomic mass is 32.1. The van der Waals surface area contributed by atoms with Gasteiger partial charge in [0.25, 0.3) is 0 Å². The third-order valence-electron chi connectivity index (χ3n) is 5.73. The first kappa shape index (κ1) is 19.7. The molecule has 0 amide bonds. The highest BCUT2D eigenvalue weighted by Crippen LogP contribution is 2.43. The summed E-state index contributed by atoms with van der Waals surface area (Å²) in [7, 11) is 4.20. The summed E-state index contributed by atoms with van der Waals surface area (Å²) >= 11 is 1.71. The molecule has 0 aromatic carbocycles. The van der Waals surface area contributed by atoms with E-state index in [0.29, 0.717) is 12.5 Å². The Labute approximate surface area is 161 Å². The van der Waals surface area contributed by atoms with Crippen LogP contribution in [0.3, 0.4) is 0 Å². The molecule has 7 heteroatoms. The van der Waals surface area contributed by atoms with Crippen molar-refractivity contribution in [2.45, 2.75) is 26.3 Å². The number of hydrogen-bond donors (Lipinski definition) is 0. The number of carbonyl (C=O) groups excluding carboxylic acids is 1. The molecule has 1 aromatic rings. The minimum absolute atomic E-state index is 0.0217. The van der Waals surface area contributed by atoms with Gasteiger partial charge in [-0.1, -0.05) is 0 Å². The van der Waals surface area contributed by atoms with Crippen LogP contribution in [0.2, 0.25) is 0 Å². The molecule has 2 aliphatic rings. The number of hydrogen-bond acceptors (Lipinski definition) is 7. The van der Waals surface area contributed by atoms with Gasteiger partial charge in [-0.2, -0.15) is 0 Å². The first-order chi connectivity index (χ1) is 12.5. The van der Waals surface area contributed by atoms with Crippen molar-refractivity contribution in [3.63, 3.8) is 0 Å². The van der Waals surface area contributed by atoms with Crippen LogP contribution in [0, 0.1) is 11.3 Å². The van der Waals surface area contributed by atoms with Gasteiger partial charge in [-0.15, -0.1) is 11.3 Å². The summed E-state index contributed by atoms with van der Waals surface area (Å²) < 4.78 is 5.55. The second kappa shape index (κ2) is 8.78. The Morgan fingerprint density at radius 3 is 2.92 bits per heavy atom. The van der Waals surface area contributed by atoms with Crippen molar-refractivity contribution in [3.05, 3.63) is 16.6 Å². The SMILES string of the molecule is CCOC(=O)[C@]12CCCN(Cc3nccs3)C[C@H]1CN(CCN(C)C)C2. The number of carbonyl (C=O) groups is 1. The normalized spacial score (nSPS) is 27.5. The summed E-state index contributed by atoms with van der Waals surface area (Å²) in [4.78, 5) is 24.6. The Morgan fingerprint density at radius 2 is 2.23 bits per heavy atom. The van der Waals surface area contributed by atoms with E-state index in [-0.39, 0.29) is 11.4 Å². The highest BCUT2D eigenvalue weighted by molar-refractivity contribution is 7.09. The van der Waals surface area contributed by atoms with Crippen molar-refractivity contribution in [2.75, 3.05) is 60.0 Å². The average molecular weight is 381 g/mol. The van der Waals surface area contributed by atoms with Crippen molar-refractivity contribution in [1.29, 1.82) is 0 Å². The molecule has 2 aliphatic heterocycles. The molecule has 6 nitrogen and oxygen atoms in total. The molecule has 3 rings (SSSR count). The molecule has 2 saturated heterocycles. The third kappa shape index (κ3) is 4.44. The van der Waals surface area contributed by atoms with Gasteiger partial charge in [-0.3, -0.25) is 9.69 Å². The average Bonchev–Trinajstić information content (AvgIpc) is 3.18. The number of esters is 1. The molecule has 0 N–H and O–H groups in total. The van der Waals surface area contributed by atoms with Crippen LogP contribution in [0.4, 0.5) is 0 Å². The van der Waals surface area contributed by atoms with Crippen LogP contribution in [0.1, 0.15) is 24.8 Å². The minimum atomic E-state index is -0.333. The monoisotopic (exact) mass is 380 g/mol. The zero-order chi connectivity index (χ0) is 18.6. The predicted molar refractivity (Wildman–Crippen MR) is 104 cm³/mol. The van der Waals surface area contributed by atoms with Gasteiger partial charge in [0, 0.05) is 50.2 Å². The number of nitrogens with zero attached hydrogens (tertiary/aromatic N) is 4. The maximum Gasteiger partial charge on any atom is 0.313 e. The van der Waals surface area contributed by atoms with Gasteiger partial charge in [0.05, 0.1) is 18.6 Å². The number of ether oxygens (including phenoxy) is 1. The van der Waals surface area contributed by atoms with Crippen LogP contribution in [0.5, 0.6) is 0 Å². The van der Waals surface area contributed by atoms with Crippen molar-refractivity contribution in [1.82, 2.24) is 19.7 Å². The number of likely N-dealkylation sites (N-methyl/N-ethyl adjacent to an activating group) is 1. The topological polar surface area (TPSA) is 48.9 Å². The molecular formula is C19H32N4O2S. The van der Waals surface area contributed by atoms with E-state index in [1.54, 1.807) is 11.3 Å². The van der Waals surface area contributed by atoms with Crippen LogP contribution in [0.25, 0.3) is 0 Å². The van der Waals surface area contributed by atoms with Crippen LogP contribution < -0.4 is 0 Å². The number of rotatable bonds is 7. The molecule has 0 aliphatic carbocycles.